The fraction of sp³-hybridized carbons (Fsp3) is 0.250. The Morgan fingerprint density at radius 1 is 1.14 bits per heavy atom. The molecule has 0 unspecified atom stereocenters. The van der Waals surface area contributed by atoms with Gasteiger partial charge >= 0.3 is 12.2 Å². The molecular weight excluding hydrogens is 422 g/mol. The van der Waals surface area contributed by atoms with Gasteiger partial charge < -0.3 is 19.7 Å². The first-order valence-electron chi connectivity index (χ1n) is 8.05. The molecule has 0 fully saturated rings. The third-order valence-corrected chi connectivity index (χ3v) is 5.28. The molecule has 3 aliphatic rings. The van der Waals surface area contributed by atoms with Gasteiger partial charge in [0.2, 0.25) is 0 Å². The minimum atomic E-state index is -4.92. The first-order chi connectivity index (χ1) is 13.5. The van der Waals surface area contributed by atoms with Gasteiger partial charge in [-0.15, -0.1) is 4.40 Å². The molecule has 29 heavy (non-hydrogen) atoms. The van der Waals surface area contributed by atoms with Crippen molar-refractivity contribution in [2.45, 2.75) is 12.2 Å². The highest BCUT2D eigenvalue weighted by atomic mass is 32.2. The lowest BCUT2D eigenvalue weighted by Crippen LogP contribution is -2.52. The van der Waals surface area contributed by atoms with Gasteiger partial charge in [-0.2, -0.15) is 17.6 Å². The van der Waals surface area contributed by atoms with Gasteiger partial charge in [-0.1, -0.05) is 0 Å². The second-order valence-electron chi connectivity index (χ2n) is 6.17. The Morgan fingerprint density at radius 3 is 2.55 bits per heavy atom. The highest BCUT2D eigenvalue weighted by Crippen LogP contribution is 2.47. The van der Waals surface area contributed by atoms with Crippen molar-refractivity contribution in [2.24, 2.45) is 4.40 Å². The molecule has 0 bridgehead atoms. The van der Waals surface area contributed by atoms with E-state index in [0.29, 0.717) is 0 Å². The normalized spacial score (nSPS) is 22.8. The van der Waals surface area contributed by atoms with E-state index in [-0.39, 0.29) is 29.4 Å². The van der Waals surface area contributed by atoms with Crippen molar-refractivity contribution in [1.82, 2.24) is 10.2 Å². The van der Waals surface area contributed by atoms with E-state index in [2.05, 4.69) is 19.2 Å². The predicted octanol–water partition coefficient (Wildman–Crippen LogP) is 1.83. The van der Waals surface area contributed by atoms with Crippen LogP contribution in [0.5, 0.6) is 11.5 Å². The van der Waals surface area contributed by atoms with Gasteiger partial charge in [-0.3, -0.25) is 4.79 Å². The molecule has 1 amide bonds. The number of rotatable bonds is 2. The Morgan fingerprint density at radius 2 is 1.83 bits per heavy atom. The number of ether oxygens (including phenoxy) is 2. The summed E-state index contributed by atoms with van der Waals surface area (Å²) in [6, 6.07) is 2.76. The number of benzene rings is 1. The molecule has 0 aromatic heterocycles. The number of nitrogens with zero attached hydrogens (tertiary/aromatic N) is 2. The van der Waals surface area contributed by atoms with Crippen LogP contribution in [0.4, 0.5) is 17.6 Å². The first-order valence-corrected chi connectivity index (χ1v) is 9.66. The zero-order chi connectivity index (χ0) is 21.0. The van der Waals surface area contributed by atoms with Crippen LogP contribution in [-0.2, 0) is 10.0 Å². The van der Waals surface area contributed by atoms with Crippen molar-refractivity contribution in [3.63, 3.8) is 0 Å². The van der Waals surface area contributed by atoms with Crippen LogP contribution in [0.2, 0.25) is 0 Å². The van der Waals surface area contributed by atoms with Gasteiger partial charge in [-0.25, -0.2) is 8.42 Å². The van der Waals surface area contributed by atoms with Gasteiger partial charge in [0, 0.05) is 18.3 Å². The number of sulfonamides is 1. The van der Waals surface area contributed by atoms with E-state index in [1.807, 2.05) is 0 Å². The molecule has 0 saturated heterocycles. The van der Waals surface area contributed by atoms with E-state index in [1.54, 1.807) is 12.3 Å². The Labute approximate surface area is 161 Å². The van der Waals surface area contributed by atoms with Crippen molar-refractivity contribution in [3.8, 4) is 11.5 Å². The maximum Gasteiger partial charge on any atom is 0.507 e. The third-order valence-electron chi connectivity index (χ3n) is 4.13. The summed E-state index contributed by atoms with van der Waals surface area (Å²) in [4.78, 5) is 14.0. The molecule has 4 rings (SSSR count). The first kappa shape index (κ1) is 19.2. The van der Waals surface area contributed by atoms with Crippen molar-refractivity contribution in [3.05, 3.63) is 47.8 Å². The average Bonchev–Trinajstić information content (AvgIpc) is 2.61. The standard InChI is InChI=1S/C16H11F4N3O5S/c17-15(18)16(19,20)28-12-8-9(3-4-11(12)27-15)14(24)21-10-2-1-5-23-6-7-29(25,26)22-13(10)23/h1-5,8H,6-7H2,(H,21,24). The second-order valence-corrected chi connectivity index (χ2v) is 7.92. The Balaban J connectivity index is 1.60. The van der Waals surface area contributed by atoms with Crippen LogP contribution >= 0.6 is 0 Å². The SMILES string of the molecule is O=C(NC1=CC=CN2CCS(=O)(=O)N=C12)c1ccc2c(c1)OC(F)(F)C(F)(F)O2. The van der Waals surface area contributed by atoms with E-state index < -0.39 is 39.6 Å². The van der Waals surface area contributed by atoms with Crippen LogP contribution in [0.1, 0.15) is 10.4 Å². The molecule has 0 spiro atoms. The molecule has 1 aromatic carbocycles. The van der Waals surface area contributed by atoms with Crippen LogP contribution in [0.15, 0.2) is 46.6 Å². The number of hydrogen-bond acceptors (Lipinski definition) is 6. The Hall–Kier alpha value is -3.09. The summed E-state index contributed by atoms with van der Waals surface area (Å²) in [7, 11) is -3.69. The molecule has 0 aliphatic carbocycles. The van der Waals surface area contributed by atoms with Crippen molar-refractivity contribution in [1.29, 1.82) is 0 Å². The highest BCUT2D eigenvalue weighted by Gasteiger charge is 2.65. The van der Waals surface area contributed by atoms with Gasteiger partial charge in [0.25, 0.3) is 15.9 Å². The fourth-order valence-corrected chi connectivity index (χ4v) is 3.70. The van der Waals surface area contributed by atoms with Crippen LogP contribution in [0, 0.1) is 0 Å². The summed E-state index contributed by atoms with van der Waals surface area (Å²) in [6.07, 6.45) is -5.25. The molecule has 1 aromatic rings. The maximum atomic E-state index is 13.3. The number of carbonyl (C=O) groups excluding carboxylic acids is 1. The largest absolute Gasteiger partial charge is 0.507 e. The lowest BCUT2D eigenvalue weighted by atomic mass is 10.1. The van der Waals surface area contributed by atoms with Crippen LogP contribution in [0.25, 0.3) is 0 Å². The Kier molecular flexibility index (Phi) is 4.12. The molecule has 13 heteroatoms. The summed E-state index contributed by atoms with van der Waals surface area (Å²) in [6.45, 7) is 0.137. The smallest absolute Gasteiger partial charge is 0.421 e. The van der Waals surface area contributed by atoms with E-state index in [0.717, 1.165) is 18.2 Å². The Bertz CT molecular complexity index is 1100. The van der Waals surface area contributed by atoms with Gasteiger partial charge in [0.1, 0.15) is 0 Å². The van der Waals surface area contributed by atoms with Gasteiger partial charge in [0.15, 0.2) is 17.3 Å². The third kappa shape index (κ3) is 3.41. The van der Waals surface area contributed by atoms with E-state index >= 15 is 0 Å². The number of carbonyl (C=O) groups is 1. The molecule has 1 N–H and O–H groups in total. The molecule has 3 aliphatic heterocycles. The number of alkyl halides is 4. The molecule has 8 nitrogen and oxygen atoms in total. The molecule has 0 atom stereocenters. The van der Waals surface area contributed by atoms with Crippen molar-refractivity contribution in [2.75, 3.05) is 12.3 Å². The lowest BCUT2D eigenvalue weighted by Gasteiger charge is -2.32. The number of allylic oxidation sites excluding steroid dienone is 2. The highest BCUT2D eigenvalue weighted by molar-refractivity contribution is 7.90. The number of amides is 1. The fourth-order valence-electron chi connectivity index (χ4n) is 2.72. The van der Waals surface area contributed by atoms with Crippen LogP contribution < -0.4 is 14.8 Å². The quantitative estimate of drug-likeness (QED) is 0.715. The van der Waals surface area contributed by atoms with Gasteiger partial charge in [-0.05, 0) is 30.4 Å². The van der Waals surface area contributed by atoms with Crippen LogP contribution in [-0.4, -0.2) is 49.6 Å². The van der Waals surface area contributed by atoms with Crippen LogP contribution in [0.3, 0.4) is 0 Å². The number of halogens is 4. The topological polar surface area (TPSA) is 97.3 Å². The molecular formula is C16H11F4N3O5S. The number of hydrogen-bond donors (Lipinski definition) is 1. The molecule has 3 heterocycles. The lowest BCUT2D eigenvalue weighted by molar-refractivity contribution is -0.391. The van der Waals surface area contributed by atoms with Crippen molar-refractivity contribution < 1.29 is 40.2 Å². The summed E-state index contributed by atoms with van der Waals surface area (Å²) in [5.41, 5.74) is -0.151. The number of fused-ring (bicyclic) bond motifs is 2. The van der Waals surface area contributed by atoms with E-state index in [9.17, 15) is 30.8 Å². The monoisotopic (exact) mass is 433 g/mol. The summed E-state index contributed by atoms with van der Waals surface area (Å²) in [5, 5.41) is 2.42. The minimum Gasteiger partial charge on any atom is -0.421 e. The summed E-state index contributed by atoms with van der Waals surface area (Å²) >= 11 is 0. The minimum absolute atomic E-state index is 0.00387. The zero-order valence-electron chi connectivity index (χ0n) is 14.2. The average molecular weight is 433 g/mol. The second kappa shape index (κ2) is 6.20. The maximum absolute atomic E-state index is 13.3. The number of nitrogens with one attached hydrogen (secondary N) is 1. The molecule has 0 saturated carbocycles. The summed E-state index contributed by atoms with van der Waals surface area (Å²) in [5.74, 6) is -2.43. The molecule has 0 radical (unpaired) electrons. The van der Waals surface area contributed by atoms with Gasteiger partial charge in [0.05, 0.1) is 11.4 Å². The van der Waals surface area contributed by atoms with E-state index in [1.165, 1.54) is 11.0 Å². The molecule has 154 valence electrons. The predicted molar refractivity (Wildman–Crippen MR) is 90.2 cm³/mol. The zero-order valence-corrected chi connectivity index (χ0v) is 15.1. The van der Waals surface area contributed by atoms with E-state index in [4.69, 9.17) is 0 Å². The summed E-state index contributed by atoms with van der Waals surface area (Å²) < 4.78 is 88.1. The number of amidine groups is 1. The van der Waals surface area contributed by atoms with Crippen molar-refractivity contribution >= 4 is 21.8 Å².